The number of hydrogen-bond acceptors (Lipinski definition) is 3. The average Bonchev–Trinajstić information content (AvgIpc) is 2.73. The molecule has 74 valence electrons. The second-order valence-corrected chi connectivity index (χ2v) is 5.36. The summed E-state index contributed by atoms with van der Waals surface area (Å²) in [5.74, 6) is 0. The van der Waals surface area contributed by atoms with Crippen molar-refractivity contribution in [3.8, 4) is 0 Å². The summed E-state index contributed by atoms with van der Waals surface area (Å²) in [6, 6.07) is 0. The van der Waals surface area contributed by atoms with Gasteiger partial charge in [0.25, 0.3) is 0 Å². The summed E-state index contributed by atoms with van der Waals surface area (Å²) in [6.45, 7) is 7.31. The molecule has 1 aromatic rings. The van der Waals surface area contributed by atoms with Crippen molar-refractivity contribution in [2.75, 3.05) is 6.67 Å². The first-order chi connectivity index (χ1) is 6.57. The first-order valence-electron chi connectivity index (χ1n) is 4.63. The summed E-state index contributed by atoms with van der Waals surface area (Å²) in [6.07, 6.45) is 5.75. The molecule has 4 heteroatoms. The standard InChI is InChI=1S/C10H14N3S/c1-10(2,3)8-6-12-9(14-8)13-5-4-11-7-13/h4-6H,7H2,1-3H3/q+1. The Bertz CT molecular complexity index is 396. The Kier molecular flexibility index (Phi) is 2.23. The zero-order valence-corrected chi connectivity index (χ0v) is 9.51. The minimum absolute atomic E-state index is 0.191. The van der Waals surface area contributed by atoms with Crippen LogP contribution in [0.2, 0.25) is 0 Å². The monoisotopic (exact) mass is 208 g/mol. The van der Waals surface area contributed by atoms with Gasteiger partial charge in [0.15, 0.2) is 12.9 Å². The number of nitrogens with zero attached hydrogens (tertiary/aromatic N) is 3. The van der Waals surface area contributed by atoms with Crippen LogP contribution in [0.1, 0.15) is 25.6 Å². The third kappa shape index (κ3) is 1.75. The summed E-state index contributed by atoms with van der Waals surface area (Å²) >= 11 is 1.74. The maximum absolute atomic E-state index is 4.40. The summed E-state index contributed by atoms with van der Waals surface area (Å²) in [4.78, 5) is 9.84. The highest BCUT2D eigenvalue weighted by atomic mass is 32.1. The first-order valence-corrected chi connectivity index (χ1v) is 5.45. The Balaban J connectivity index is 2.27. The van der Waals surface area contributed by atoms with E-state index in [1.807, 2.05) is 18.6 Å². The van der Waals surface area contributed by atoms with Crippen LogP contribution in [-0.4, -0.2) is 28.7 Å². The summed E-state index contributed by atoms with van der Waals surface area (Å²) in [5.41, 5.74) is 0.191. The van der Waals surface area contributed by atoms with Gasteiger partial charge >= 0.3 is 5.13 Å². The smallest absolute Gasteiger partial charge is 0.246 e. The lowest BCUT2D eigenvalue weighted by atomic mass is 9.96. The van der Waals surface area contributed by atoms with Gasteiger partial charge in [-0.2, -0.15) is 4.58 Å². The highest BCUT2D eigenvalue weighted by Crippen LogP contribution is 2.31. The van der Waals surface area contributed by atoms with Crippen LogP contribution < -0.4 is 0 Å². The van der Waals surface area contributed by atoms with Crippen molar-refractivity contribution in [1.29, 1.82) is 0 Å². The normalized spacial score (nSPS) is 16.1. The van der Waals surface area contributed by atoms with E-state index in [9.17, 15) is 0 Å². The molecule has 14 heavy (non-hydrogen) atoms. The molecule has 0 radical (unpaired) electrons. The molecule has 0 saturated carbocycles. The quantitative estimate of drug-likeness (QED) is 0.650. The molecule has 0 saturated heterocycles. The molecule has 0 aromatic carbocycles. The number of hydrogen-bond donors (Lipinski definition) is 0. The molecular weight excluding hydrogens is 194 g/mol. The molecule has 0 N–H and O–H groups in total. The molecule has 0 fully saturated rings. The molecule has 2 heterocycles. The Hall–Kier alpha value is -1.03. The van der Waals surface area contributed by atoms with E-state index in [4.69, 9.17) is 0 Å². The summed E-state index contributed by atoms with van der Waals surface area (Å²) < 4.78 is 2.06. The fraction of sp³-hybridized carbons (Fsp3) is 0.500. The molecule has 1 aliphatic rings. The van der Waals surface area contributed by atoms with Crippen molar-refractivity contribution in [2.24, 2.45) is 4.99 Å². The molecule has 0 aliphatic carbocycles. The zero-order chi connectivity index (χ0) is 10.2. The SMILES string of the molecule is CC(C)(C)c1cnc([N+]2=CC=NC2)s1. The second kappa shape index (κ2) is 3.28. The van der Waals surface area contributed by atoms with Crippen molar-refractivity contribution in [2.45, 2.75) is 26.2 Å². The third-order valence-corrected chi connectivity index (χ3v) is 3.52. The van der Waals surface area contributed by atoms with Gasteiger partial charge in [0.2, 0.25) is 0 Å². The van der Waals surface area contributed by atoms with Gasteiger partial charge in [-0.1, -0.05) is 20.8 Å². The van der Waals surface area contributed by atoms with Crippen LogP contribution in [0.3, 0.4) is 0 Å². The van der Waals surface area contributed by atoms with Crippen LogP contribution in [0.4, 0.5) is 5.13 Å². The van der Waals surface area contributed by atoms with Gasteiger partial charge in [0.05, 0.1) is 11.1 Å². The molecule has 0 atom stereocenters. The highest BCUT2D eigenvalue weighted by Gasteiger charge is 2.23. The molecule has 0 spiro atoms. The van der Waals surface area contributed by atoms with Crippen LogP contribution >= 0.6 is 11.3 Å². The van der Waals surface area contributed by atoms with Crippen LogP contribution in [0.5, 0.6) is 0 Å². The summed E-state index contributed by atoms with van der Waals surface area (Å²) in [5, 5.41) is 1.03. The van der Waals surface area contributed by atoms with Crippen LogP contribution in [0.15, 0.2) is 11.2 Å². The van der Waals surface area contributed by atoms with Gasteiger partial charge in [0.1, 0.15) is 6.21 Å². The van der Waals surface area contributed by atoms with E-state index < -0.39 is 0 Å². The fourth-order valence-electron chi connectivity index (χ4n) is 1.18. The number of aromatic nitrogens is 1. The highest BCUT2D eigenvalue weighted by molar-refractivity contribution is 7.14. The Morgan fingerprint density at radius 2 is 2.21 bits per heavy atom. The number of rotatable bonds is 1. The lowest BCUT2D eigenvalue weighted by molar-refractivity contribution is -0.427. The number of aliphatic imine (C=N–C) groups is 1. The Labute approximate surface area is 87.8 Å². The van der Waals surface area contributed by atoms with E-state index in [-0.39, 0.29) is 5.41 Å². The molecule has 0 unspecified atom stereocenters. The van der Waals surface area contributed by atoms with E-state index in [1.54, 1.807) is 11.3 Å². The van der Waals surface area contributed by atoms with Crippen LogP contribution in [0.25, 0.3) is 0 Å². The maximum atomic E-state index is 4.40. The van der Waals surface area contributed by atoms with Crippen LogP contribution in [0, 0.1) is 0 Å². The minimum atomic E-state index is 0.191. The average molecular weight is 208 g/mol. The lowest BCUT2D eigenvalue weighted by Gasteiger charge is -2.12. The number of thiazole rings is 1. The van der Waals surface area contributed by atoms with Gasteiger partial charge in [-0.05, 0) is 16.3 Å². The van der Waals surface area contributed by atoms with Gasteiger partial charge < -0.3 is 0 Å². The molecular formula is C10H14N3S+. The molecule has 0 amide bonds. The predicted octanol–water partition coefficient (Wildman–Crippen LogP) is 2.20. The van der Waals surface area contributed by atoms with Crippen molar-refractivity contribution < 1.29 is 4.58 Å². The molecule has 3 nitrogen and oxygen atoms in total. The minimum Gasteiger partial charge on any atom is -0.246 e. The van der Waals surface area contributed by atoms with Gasteiger partial charge in [-0.25, -0.2) is 4.99 Å². The van der Waals surface area contributed by atoms with Gasteiger partial charge in [-0.15, -0.1) is 0 Å². The Morgan fingerprint density at radius 1 is 1.43 bits per heavy atom. The summed E-state index contributed by atoms with van der Waals surface area (Å²) in [7, 11) is 0. The predicted molar refractivity (Wildman–Crippen MR) is 60.2 cm³/mol. The van der Waals surface area contributed by atoms with E-state index in [2.05, 4.69) is 35.3 Å². The van der Waals surface area contributed by atoms with E-state index in [0.29, 0.717) is 6.67 Å². The van der Waals surface area contributed by atoms with Crippen molar-refractivity contribution in [3.05, 3.63) is 11.1 Å². The van der Waals surface area contributed by atoms with Crippen molar-refractivity contribution in [1.82, 2.24) is 4.98 Å². The second-order valence-electron chi connectivity index (χ2n) is 4.35. The van der Waals surface area contributed by atoms with E-state index in [1.165, 1.54) is 4.88 Å². The van der Waals surface area contributed by atoms with Crippen molar-refractivity contribution in [3.63, 3.8) is 0 Å². The van der Waals surface area contributed by atoms with Gasteiger partial charge in [0, 0.05) is 5.41 Å². The largest absolute Gasteiger partial charge is 0.383 e. The molecule has 0 bridgehead atoms. The van der Waals surface area contributed by atoms with Gasteiger partial charge in [-0.3, -0.25) is 0 Å². The third-order valence-electron chi connectivity index (χ3n) is 2.06. The molecule has 1 aliphatic heterocycles. The Morgan fingerprint density at radius 3 is 2.71 bits per heavy atom. The van der Waals surface area contributed by atoms with Crippen molar-refractivity contribution >= 4 is 28.9 Å². The van der Waals surface area contributed by atoms with E-state index >= 15 is 0 Å². The topological polar surface area (TPSA) is 28.3 Å². The first kappa shape index (κ1) is 9.52. The maximum Gasteiger partial charge on any atom is 0.383 e. The van der Waals surface area contributed by atoms with Crippen LogP contribution in [-0.2, 0) is 5.41 Å². The molecule has 1 aromatic heterocycles. The van der Waals surface area contributed by atoms with E-state index in [0.717, 1.165) is 5.13 Å². The molecule has 2 rings (SSSR count). The lowest BCUT2D eigenvalue weighted by Crippen LogP contribution is -2.07. The zero-order valence-electron chi connectivity index (χ0n) is 8.69. The fourth-order valence-corrected chi connectivity index (χ4v) is 2.13.